The Hall–Kier alpha value is -2.87. The van der Waals surface area contributed by atoms with Gasteiger partial charge in [0.15, 0.2) is 0 Å². The van der Waals surface area contributed by atoms with Crippen molar-refractivity contribution in [3.05, 3.63) is 87.9 Å². The van der Waals surface area contributed by atoms with E-state index in [9.17, 15) is 13.2 Å². The molecule has 0 atom stereocenters. The third-order valence-electron chi connectivity index (χ3n) is 5.60. The van der Waals surface area contributed by atoms with Crippen LogP contribution in [0.25, 0.3) is 0 Å². The number of fused-ring (bicyclic) bond motifs is 1. The van der Waals surface area contributed by atoms with Crippen molar-refractivity contribution in [2.45, 2.75) is 24.8 Å². The zero-order chi connectivity index (χ0) is 22.9. The summed E-state index contributed by atoms with van der Waals surface area (Å²) in [5.41, 5.74) is 3.71. The summed E-state index contributed by atoms with van der Waals surface area (Å²) in [5.74, 6) is 0.589. The molecule has 3 aromatic rings. The number of halogens is 1. The van der Waals surface area contributed by atoms with Crippen LogP contribution in [0.2, 0.25) is 5.02 Å². The average molecular weight is 471 g/mol. The Morgan fingerprint density at radius 1 is 1.12 bits per heavy atom. The zero-order valence-corrected chi connectivity index (χ0v) is 19.3. The number of ether oxygens (including phenoxy) is 1. The fourth-order valence-electron chi connectivity index (χ4n) is 3.77. The first-order valence-electron chi connectivity index (χ1n) is 10.1. The number of carbonyl (C=O) groups excluding carboxylic acids is 1. The van der Waals surface area contributed by atoms with Gasteiger partial charge < -0.3 is 9.64 Å². The average Bonchev–Trinajstić information content (AvgIpc) is 3.22. The molecule has 0 bridgehead atoms. The maximum absolute atomic E-state index is 13.1. The van der Waals surface area contributed by atoms with E-state index in [0.29, 0.717) is 28.4 Å². The highest BCUT2D eigenvalue weighted by atomic mass is 35.5. The summed E-state index contributed by atoms with van der Waals surface area (Å²) in [4.78, 5) is 14.9. The van der Waals surface area contributed by atoms with Gasteiger partial charge in [0.1, 0.15) is 5.75 Å². The highest BCUT2D eigenvalue weighted by molar-refractivity contribution is 7.89. The SMILES string of the molecule is COc1ccc(C(=O)N2CCc3ccc(CNS(=O)(=O)c4cccc(Cl)c4C)cc32)cc1. The van der Waals surface area contributed by atoms with Crippen molar-refractivity contribution in [3.8, 4) is 5.75 Å². The van der Waals surface area contributed by atoms with Crippen molar-refractivity contribution in [1.29, 1.82) is 0 Å². The molecule has 1 heterocycles. The molecule has 8 heteroatoms. The molecule has 6 nitrogen and oxygen atoms in total. The number of carbonyl (C=O) groups is 1. The van der Waals surface area contributed by atoms with Crippen LogP contribution in [-0.2, 0) is 23.0 Å². The summed E-state index contributed by atoms with van der Waals surface area (Å²) in [6, 6.07) is 17.5. The Morgan fingerprint density at radius 2 is 1.88 bits per heavy atom. The summed E-state index contributed by atoms with van der Waals surface area (Å²) >= 11 is 6.08. The summed E-state index contributed by atoms with van der Waals surface area (Å²) in [7, 11) is -2.15. The molecule has 1 aliphatic rings. The molecule has 32 heavy (non-hydrogen) atoms. The van der Waals surface area contributed by atoms with Gasteiger partial charge in [0.2, 0.25) is 10.0 Å². The summed E-state index contributed by atoms with van der Waals surface area (Å²) in [6.45, 7) is 2.36. The second-order valence-corrected chi connectivity index (χ2v) is 9.73. The van der Waals surface area contributed by atoms with Crippen LogP contribution in [0.3, 0.4) is 0 Å². The number of anilines is 1. The molecule has 0 radical (unpaired) electrons. The third kappa shape index (κ3) is 4.37. The number of nitrogens with zero attached hydrogens (tertiary/aromatic N) is 1. The van der Waals surface area contributed by atoms with E-state index in [1.807, 2.05) is 18.2 Å². The van der Waals surface area contributed by atoms with E-state index in [2.05, 4.69) is 4.72 Å². The highest BCUT2D eigenvalue weighted by Gasteiger charge is 2.26. The molecule has 1 aliphatic heterocycles. The van der Waals surface area contributed by atoms with Gasteiger partial charge in [-0.2, -0.15) is 0 Å². The molecular formula is C24H23ClN2O4S. The Morgan fingerprint density at radius 3 is 2.59 bits per heavy atom. The highest BCUT2D eigenvalue weighted by Crippen LogP contribution is 2.31. The first-order valence-corrected chi connectivity index (χ1v) is 12.0. The number of nitrogens with one attached hydrogen (secondary N) is 1. The van der Waals surface area contributed by atoms with Crippen molar-refractivity contribution in [3.63, 3.8) is 0 Å². The normalized spacial score (nSPS) is 13.2. The molecule has 166 valence electrons. The summed E-state index contributed by atoms with van der Waals surface area (Å²) in [6.07, 6.45) is 0.755. The van der Waals surface area contributed by atoms with E-state index in [1.54, 1.807) is 55.3 Å². The minimum Gasteiger partial charge on any atom is -0.497 e. The largest absolute Gasteiger partial charge is 0.497 e. The number of rotatable bonds is 6. The fraction of sp³-hybridized carbons (Fsp3) is 0.208. The second-order valence-electron chi connectivity index (χ2n) is 7.59. The van der Waals surface area contributed by atoms with Crippen LogP contribution in [0.5, 0.6) is 5.75 Å². The molecule has 0 saturated heterocycles. The standard InChI is InChI=1S/C24H23ClN2O4S/c1-16-21(25)4-3-5-23(16)32(29,30)26-15-17-6-7-18-12-13-27(22(18)14-17)24(28)19-8-10-20(31-2)11-9-19/h3-11,14,26H,12-13,15H2,1-2H3. The summed E-state index contributed by atoms with van der Waals surface area (Å²) in [5, 5.41) is 0.401. The van der Waals surface area contributed by atoms with Gasteiger partial charge in [-0.15, -0.1) is 0 Å². The van der Waals surface area contributed by atoms with Gasteiger partial charge in [0.25, 0.3) is 5.91 Å². The van der Waals surface area contributed by atoms with Crippen LogP contribution < -0.4 is 14.4 Å². The van der Waals surface area contributed by atoms with Crippen molar-refractivity contribution in [2.24, 2.45) is 0 Å². The molecule has 1 amide bonds. The third-order valence-corrected chi connectivity index (χ3v) is 7.56. The molecule has 0 aliphatic carbocycles. The number of benzene rings is 3. The minimum absolute atomic E-state index is 0.0984. The number of methoxy groups -OCH3 is 1. The predicted molar refractivity (Wildman–Crippen MR) is 125 cm³/mol. The Labute approximate surface area is 192 Å². The lowest BCUT2D eigenvalue weighted by molar-refractivity contribution is 0.0989. The number of hydrogen-bond donors (Lipinski definition) is 1. The van der Waals surface area contributed by atoms with Crippen molar-refractivity contribution < 1.29 is 17.9 Å². The van der Waals surface area contributed by atoms with Gasteiger partial charge in [-0.1, -0.05) is 29.8 Å². The molecular weight excluding hydrogens is 448 g/mol. The van der Waals surface area contributed by atoms with E-state index in [-0.39, 0.29) is 17.3 Å². The van der Waals surface area contributed by atoms with E-state index in [4.69, 9.17) is 16.3 Å². The zero-order valence-electron chi connectivity index (χ0n) is 17.8. The van der Waals surface area contributed by atoms with E-state index in [1.165, 1.54) is 6.07 Å². The van der Waals surface area contributed by atoms with Crippen LogP contribution in [0.4, 0.5) is 5.69 Å². The topological polar surface area (TPSA) is 75.7 Å². The maximum Gasteiger partial charge on any atom is 0.258 e. The number of sulfonamides is 1. The molecule has 0 saturated carbocycles. The summed E-state index contributed by atoms with van der Waals surface area (Å²) < 4.78 is 33.3. The Balaban J connectivity index is 1.53. The molecule has 4 rings (SSSR count). The molecule has 0 aromatic heterocycles. The number of hydrogen-bond acceptors (Lipinski definition) is 4. The van der Waals surface area contributed by atoms with Crippen molar-refractivity contribution in [2.75, 3.05) is 18.6 Å². The quantitative estimate of drug-likeness (QED) is 0.581. The molecule has 0 fully saturated rings. The minimum atomic E-state index is -3.73. The van der Waals surface area contributed by atoms with E-state index >= 15 is 0 Å². The van der Waals surface area contributed by atoms with Gasteiger partial charge in [0, 0.05) is 29.4 Å². The lowest BCUT2D eigenvalue weighted by Crippen LogP contribution is -2.29. The van der Waals surface area contributed by atoms with Crippen LogP contribution in [0.15, 0.2) is 65.6 Å². The smallest absolute Gasteiger partial charge is 0.258 e. The Kier molecular flexibility index (Phi) is 6.24. The lowest BCUT2D eigenvalue weighted by atomic mass is 10.1. The maximum atomic E-state index is 13.1. The lowest BCUT2D eigenvalue weighted by Gasteiger charge is -2.18. The van der Waals surface area contributed by atoms with Crippen LogP contribution in [-0.4, -0.2) is 28.0 Å². The van der Waals surface area contributed by atoms with Gasteiger partial charge in [-0.05, 0) is 72.5 Å². The molecule has 0 unspecified atom stereocenters. The first-order chi connectivity index (χ1) is 15.3. The second kappa shape index (κ2) is 8.94. The van der Waals surface area contributed by atoms with Crippen molar-refractivity contribution in [1.82, 2.24) is 4.72 Å². The first kappa shape index (κ1) is 22.3. The van der Waals surface area contributed by atoms with Crippen molar-refractivity contribution >= 4 is 33.2 Å². The predicted octanol–water partition coefficient (Wildman–Crippen LogP) is 4.34. The monoisotopic (exact) mass is 470 g/mol. The van der Waals surface area contributed by atoms with Crippen LogP contribution >= 0.6 is 11.6 Å². The van der Waals surface area contributed by atoms with Crippen LogP contribution in [0, 0.1) is 6.92 Å². The molecule has 1 N–H and O–H groups in total. The van der Waals surface area contributed by atoms with Gasteiger partial charge >= 0.3 is 0 Å². The van der Waals surface area contributed by atoms with Gasteiger partial charge in [-0.25, -0.2) is 13.1 Å². The Bertz CT molecular complexity index is 1270. The molecule has 3 aromatic carbocycles. The van der Waals surface area contributed by atoms with Crippen LogP contribution in [0.1, 0.15) is 27.0 Å². The van der Waals surface area contributed by atoms with Gasteiger partial charge in [0.05, 0.1) is 12.0 Å². The van der Waals surface area contributed by atoms with Gasteiger partial charge in [-0.3, -0.25) is 4.79 Å². The number of amides is 1. The van der Waals surface area contributed by atoms with E-state index in [0.717, 1.165) is 23.2 Å². The fourth-order valence-corrected chi connectivity index (χ4v) is 5.28. The molecule has 0 spiro atoms. The van der Waals surface area contributed by atoms with E-state index < -0.39 is 10.0 Å².